The van der Waals surface area contributed by atoms with Crippen LogP contribution >= 0.6 is 0 Å². The van der Waals surface area contributed by atoms with Gasteiger partial charge in [0.05, 0.1) is 25.7 Å². The van der Waals surface area contributed by atoms with Crippen molar-refractivity contribution in [1.82, 2.24) is 0 Å². The molecule has 2 fully saturated rings. The minimum Gasteiger partial charge on any atom is -0.467 e. The molecule has 0 amide bonds. The van der Waals surface area contributed by atoms with Crippen LogP contribution < -0.4 is 9.47 Å². The highest BCUT2D eigenvalue weighted by atomic mass is 19.4. The Labute approximate surface area is 297 Å². The quantitative estimate of drug-likeness (QED) is 0.108. The number of hydrogen-bond acceptors (Lipinski definition) is 5. The summed E-state index contributed by atoms with van der Waals surface area (Å²) in [5.41, 5.74) is 0. The molecule has 5 nitrogen and oxygen atoms in total. The Balaban J connectivity index is 1.60. The van der Waals surface area contributed by atoms with Crippen molar-refractivity contribution in [3.8, 4) is 11.5 Å². The second-order valence-corrected chi connectivity index (χ2v) is 12.2. The number of rotatable bonds is 14. The first-order valence-electron chi connectivity index (χ1n) is 15.0. The van der Waals surface area contributed by atoms with Gasteiger partial charge in [0.2, 0.25) is 12.6 Å². The van der Waals surface area contributed by atoms with Gasteiger partial charge in [0.25, 0.3) is 11.7 Å². The number of ether oxygens (including phenoxy) is 5. The van der Waals surface area contributed by atoms with E-state index < -0.39 is 120 Å². The van der Waals surface area contributed by atoms with Gasteiger partial charge in [0.1, 0.15) is 23.0 Å². The predicted octanol–water partition coefficient (Wildman–Crippen LogP) is 10.9. The zero-order valence-electron chi connectivity index (χ0n) is 27.0. The van der Waals surface area contributed by atoms with Crippen molar-refractivity contribution < 1.29 is 103 Å². The van der Waals surface area contributed by atoms with E-state index in [4.69, 9.17) is 14.2 Å². The van der Waals surface area contributed by atoms with Gasteiger partial charge in [-0.15, -0.1) is 0 Å². The summed E-state index contributed by atoms with van der Waals surface area (Å²) in [6.45, 7) is 6.36. The molecule has 4 unspecified atom stereocenters. The van der Waals surface area contributed by atoms with Crippen LogP contribution in [0.5, 0.6) is 11.5 Å². The Morgan fingerprint density at radius 1 is 0.455 bits per heavy atom. The number of hydrogen-bond donors (Lipinski definition) is 0. The third-order valence-corrected chi connectivity index (χ3v) is 8.07. The Morgan fingerprint density at radius 3 is 1.04 bits per heavy atom. The summed E-state index contributed by atoms with van der Waals surface area (Å²) in [4.78, 5) is 0. The van der Waals surface area contributed by atoms with Crippen molar-refractivity contribution in [3.05, 3.63) is 85.3 Å². The molecular formula is C32H24F18O5. The summed E-state index contributed by atoms with van der Waals surface area (Å²) in [5, 5.41) is 0. The van der Waals surface area contributed by atoms with Crippen LogP contribution in [0.4, 0.5) is 79.0 Å². The molecular weight excluding hydrogens is 806 g/mol. The molecule has 2 aromatic carbocycles. The molecule has 0 bridgehead atoms. The van der Waals surface area contributed by atoms with Crippen LogP contribution in [0.2, 0.25) is 0 Å². The first-order chi connectivity index (χ1) is 24.8. The van der Waals surface area contributed by atoms with Gasteiger partial charge in [-0.2, -0.15) is 70.2 Å². The Hall–Kier alpha value is -4.02. The van der Waals surface area contributed by atoms with Crippen LogP contribution in [0.15, 0.2) is 85.3 Å². The van der Waals surface area contributed by atoms with E-state index in [-0.39, 0.29) is 0 Å². The van der Waals surface area contributed by atoms with Crippen molar-refractivity contribution in [2.24, 2.45) is 0 Å². The molecule has 2 aromatic rings. The van der Waals surface area contributed by atoms with Crippen molar-refractivity contribution in [2.45, 2.75) is 97.4 Å². The van der Waals surface area contributed by atoms with E-state index in [0.717, 1.165) is 24.3 Å². The van der Waals surface area contributed by atoms with E-state index in [2.05, 4.69) is 22.6 Å². The van der Waals surface area contributed by atoms with Crippen molar-refractivity contribution in [3.63, 3.8) is 0 Å². The lowest BCUT2D eigenvalue weighted by molar-refractivity contribution is -0.471. The lowest BCUT2D eigenvalue weighted by Crippen LogP contribution is -2.75. The molecule has 0 aromatic heterocycles. The van der Waals surface area contributed by atoms with Crippen molar-refractivity contribution in [1.29, 1.82) is 0 Å². The second kappa shape index (κ2) is 13.9. The van der Waals surface area contributed by atoms with Crippen LogP contribution in [-0.2, 0) is 14.2 Å². The van der Waals surface area contributed by atoms with E-state index in [0.29, 0.717) is 0 Å². The monoisotopic (exact) mass is 830 g/mol. The standard InChI is InChI=1S/C32H24F18O5/c1-17(13-21(52-19-9-5-3-6-10-19)54-25(37)15-23(33,34)27(39,40)31(47,48)29(25,43)44)51-18(2)14-22(53-20-11-7-4-8-12-20)55-26(38)16-24(35,36)28(41,42)32(49,50)30(26,45)46/h3-12,21-22H,1-2,13-16H2. The molecule has 2 aliphatic carbocycles. The van der Waals surface area contributed by atoms with Gasteiger partial charge < -0.3 is 14.2 Å². The van der Waals surface area contributed by atoms with E-state index in [1.807, 2.05) is 0 Å². The summed E-state index contributed by atoms with van der Waals surface area (Å²) < 4.78 is 281. The van der Waals surface area contributed by atoms with Gasteiger partial charge in [0.15, 0.2) is 0 Å². The Morgan fingerprint density at radius 2 is 0.745 bits per heavy atom. The van der Waals surface area contributed by atoms with Crippen LogP contribution in [0, 0.1) is 0 Å². The molecule has 4 rings (SSSR count). The summed E-state index contributed by atoms with van der Waals surface area (Å²) in [6.07, 6.45) is -15.2. The first-order valence-corrected chi connectivity index (χ1v) is 15.0. The summed E-state index contributed by atoms with van der Waals surface area (Å²) in [5.74, 6) is -67.7. The number of halogens is 18. The highest BCUT2D eigenvalue weighted by molar-refractivity contribution is 5.23. The average Bonchev–Trinajstić information content (AvgIpc) is 3.03. The van der Waals surface area contributed by atoms with Crippen LogP contribution in [-0.4, -0.2) is 71.7 Å². The first kappa shape index (κ1) is 43.7. The molecule has 2 saturated carbocycles. The molecule has 0 saturated heterocycles. The molecule has 0 spiro atoms. The highest BCUT2D eigenvalue weighted by Gasteiger charge is 2.93. The molecule has 4 atom stereocenters. The summed E-state index contributed by atoms with van der Waals surface area (Å²) >= 11 is 0. The smallest absolute Gasteiger partial charge is 0.384 e. The molecule has 0 aliphatic heterocycles. The largest absolute Gasteiger partial charge is 0.467 e. The number of benzene rings is 2. The summed E-state index contributed by atoms with van der Waals surface area (Å²) in [7, 11) is 0. The maximum atomic E-state index is 15.5. The van der Waals surface area contributed by atoms with E-state index in [1.54, 1.807) is 0 Å². The number of alkyl halides is 18. The predicted molar refractivity (Wildman–Crippen MR) is 149 cm³/mol. The van der Waals surface area contributed by atoms with Gasteiger partial charge in [-0.25, -0.2) is 8.78 Å². The average molecular weight is 831 g/mol. The SMILES string of the molecule is C=C(CC(Oc1ccccc1)OC1(F)CC(F)(F)C(F)(F)C(F)(F)C1(F)F)OC(=C)CC(Oc1ccccc1)OC1(F)CC(F)(F)C(F)(F)C(F)(F)C1(F)F. The maximum Gasteiger partial charge on any atom is 0.384 e. The topological polar surface area (TPSA) is 46.2 Å². The van der Waals surface area contributed by atoms with Crippen LogP contribution in [0.25, 0.3) is 0 Å². The lowest BCUT2D eigenvalue weighted by atomic mass is 9.81. The Kier molecular flexibility index (Phi) is 11.0. The maximum absolute atomic E-state index is 15.5. The van der Waals surface area contributed by atoms with Gasteiger partial charge in [0, 0.05) is 0 Å². The molecule has 308 valence electrons. The van der Waals surface area contributed by atoms with Gasteiger partial charge in [-0.05, 0) is 24.3 Å². The molecule has 55 heavy (non-hydrogen) atoms. The number of para-hydroxylation sites is 2. The fourth-order valence-electron chi connectivity index (χ4n) is 5.16. The third-order valence-electron chi connectivity index (χ3n) is 8.07. The highest BCUT2D eigenvalue weighted by Crippen LogP contribution is 2.66. The minimum atomic E-state index is -7.07. The second-order valence-electron chi connectivity index (χ2n) is 12.2. The molecule has 0 N–H and O–H groups in total. The van der Waals surface area contributed by atoms with E-state index >= 15 is 8.78 Å². The normalized spacial score (nSPS) is 28.9. The van der Waals surface area contributed by atoms with Gasteiger partial charge in [-0.1, -0.05) is 49.6 Å². The molecule has 0 radical (unpaired) electrons. The van der Waals surface area contributed by atoms with Gasteiger partial charge in [-0.3, -0.25) is 9.47 Å². The van der Waals surface area contributed by atoms with E-state index in [1.165, 1.54) is 36.4 Å². The van der Waals surface area contributed by atoms with Gasteiger partial charge >= 0.3 is 47.4 Å². The fourth-order valence-corrected chi connectivity index (χ4v) is 5.16. The zero-order valence-corrected chi connectivity index (χ0v) is 27.0. The van der Waals surface area contributed by atoms with Crippen LogP contribution in [0.1, 0.15) is 25.7 Å². The minimum absolute atomic E-state index is 0.490. The fraction of sp³-hybridized carbons (Fsp3) is 0.500. The van der Waals surface area contributed by atoms with E-state index in [9.17, 15) is 70.2 Å². The molecule has 0 heterocycles. The molecule has 23 heteroatoms. The lowest BCUT2D eigenvalue weighted by Gasteiger charge is -2.48. The molecule has 2 aliphatic rings. The van der Waals surface area contributed by atoms with Crippen molar-refractivity contribution >= 4 is 0 Å². The Bertz CT molecular complexity index is 1580. The summed E-state index contributed by atoms with van der Waals surface area (Å²) in [6, 6.07) is 11.3. The van der Waals surface area contributed by atoms with Crippen molar-refractivity contribution in [2.75, 3.05) is 0 Å². The van der Waals surface area contributed by atoms with Crippen LogP contribution in [0.3, 0.4) is 0 Å². The zero-order chi connectivity index (χ0) is 41.9. The third kappa shape index (κ3) is 7.25.